The minimum absolute atomic E-state index is 0.00859. The minimum Gasteiger partial charge on any atom is -0.508 e. The van der Waals surface area contributed by atoms with Crippen molar-refractivity contribution in [3.8, 4) is 5.75 Å². The van der Waals surface area contributed by atoms with Gasteiger partial charge in [-0.3, -0.25) is 14.9 Å². The van der Waals surface area contributed by atoms with Crippen molar-refractivity contribution < 1.29 is 19.1 Å². The molecule has 0 radical (unpaired) electrons. The van der Waals surface area contributed by atoms with Crippen molar-refractivity contribution in [2.45, 2.75) is 12.6 Å². The van der Waals surface area contributed by atoms with Crippen LogP contribution in [0.1, 0.15) is 27.5 Å². The molecule has 2 aromatic carbocycles. The summed E-state index contributed by atoms with van der Waals surface area (Å²) in [6.45, 7) is 0.160. The molecule has 0 saturated heterocycles. The van der Waals surface area contributed by atoms with Gasteiger partial charge in [-0.1, -0.05) is 22.0 Å². The van der Waals surface area contributed by atoms with Gasteiger partial charge in [0.15, 0.2) is 5.13 Å². The van der Waals surface area contributed by atoms with Gasteiger partial charge >= 0.3 is 0 Å². The quantitative estimate of drug-likeness (QED) is 0.612. The van der Waals surface area contributed by atoms with E-state index in [0.717, 1.165) is 22.2 Å². The number of amides is 2. The molecule has 0 saturated carbocycles. The fourth-order valence-electron chi connectivity index (χ4n) is 3.16. The first-order valence-corrected chi connectivity index (χ1v) is 9.89. The van der Waals surface area contributed by atoms with Crippen LogP contribution in [0.2, 0.25) is 0 Å². The molecular formula is C19H13BrFN3O3S. The molecule has 2 N–H and O–H groups in total. The van der Waals surface area contributed by atoms with E-state index in [4.69, 9.17) is 0 Å². The maximum atomic E-state index is 13.9. The minimum atomic E-state index is -1.22. The summed E-state index contributed by atoms with van der Waals surface area (Å²) in [5, 5.41) is 15.0. The Balaban J connectivity index is 1.76. The number of hydrogen-bond donors (Lipinski definition) is 2. The number of rotatable bonds is 4. The molecule has 28 heavy (non-hydrogen) atoms. The van der Waals surface area contributed by atoms with Crippen LogP contribution in [0.5, 0.6) is 5.75 Å². The predicted octanol–water partition coefficient (Wildman–Crippen LogP) is 4.09. The number of halogens is 2. The SMILES string of the molecule is O=C(Nc1nccs1)C(c1cc(F)ccc1O)N1Cc2ccc(Br)cc2C1=O. The number of anilines is 1. The van der Waals surface area contributed by atoms with Gasteiger partial charge in [0, 0.05) is 33.7 Å². The third-order valence-corrected chi connectivity index (χ3v) is 5.59. The summed E-state index contributed by atoms with van der Waals surface area (Å²) in [5.74, 6) is -1.85. The van der Waals surface area contributed by atoms with Crippen LogP contribution in [0.3, 0.4) is 0 Å². The third-order valence-electron chi connectivity index (χ3n) is 4.41. The van der Waals surface area contributed by atoms with E-state index in [1.165, 1.54) is 28.5 Å². The number of fused-ring (bicyclic) bond motifs is 1. The Morgan fingerprint density at radius 2 is 2.14 bits per heavy atom. The van der Waals surface area contributed by atoms with Crippen LogP contribution in [0, 0.1) is 5.82 Å². The standard InChI is InChI=1S/C19H13BrFN3O3S/c20-11-2-1-10-9-24(18(27)13(10)7-11)16(14-8-12(21)3-4-15(14)25)17(26)23-19-22-5-6-28-19/h1-8,16,25H,9H2,(H,22,23,26). The van der Waals surface area contributed by atoms with E-state index in [1.807, 2.05) is 0 Å². The molecule has 2 amide bonds. The average molecular weight is 462 g/mol. The summed E-state index contributed by atoms with van der Waals surface area (Å²) in [4.78, 5) is 31.4. The highest BCUT2D eigenvalue weighted by Gasteiger charge is 2.39. The van der Waals surface area contributed by atoms with E-state index < -0.39 is 17.8 Å². The molecule has 2 heterocycles. The molecule has 9 heteroatoms. The van der Waals surface area contributed by atoms with Crippen molar-refractivity contribution in [2.24, 2.45) is 0 Å². The molecule has 1 aromatic heterocycles. The molecule has 4 rings (SSSR count). The number of thiazole rings is 1. The second kappa shape index (κ2) is 7.33. The van der Waals surface area contributed by atoms with Crippen molar-refractivity contribution in [3.05, 3.63) is 75.0 Å². The topological polar surface area (TPSA) is 82.5 Å². The molecule has 0 fully saturated rings. The van der Waals surface area contributed by atoms with Crippen molar-refractivity contribution in [1.82, 2.24) is 9.88 Å². The van der Waals surface area contributed by atoms with Crippen molar-refractivity contribution in [2.75, 3.05) is 5.32 Å². The Kier molecular flexibility index (Phi) is 4.86. The van der Waals surface area contributed by atoms with Crippen LogP contribution >= 0.6 is 27.3 Å². The lowest BCUT2D eigenvalue weighted by atomic mass is 10.0. The maximum Gasteiger partial charge on any atom is 0.255 e. The van der Waals surface area contributed by atoms with E-state index >= 15 is 0 Å². The Bertz CT molecular complexity index is 1070. The number of carbonyl (C=O) groups is 2. The van der Waals surface area contributed by atoms with Crippen molar-refractivity contribution in [3.63, 3.8) is 0 Å². The van der Waals surface area contributed by atoms with Gasteiger partial charge < -0.3 is 10.0 Å². The fraction of sp³-hybridized carbons (Fsp3) is 0.105. The zero-order valence-electron chi connectivity index (χ0n) is 14.2. The lowest BCUT2D eigenvalue weighted by molar-refractivity contribution is -0.120. The number of carbonyl (C=O) groups excluding carboxylic acids is 2. The number of hydrogen-bond acceptors (Lipinski definition) is 5. The molecule has 1 atom stereocenters. The number of nitrogens with zero attached hydrogens (tertiary/aromatic N) is 2. The molecule has 0 aliphatic carbocycles. The number of aromatic hydroxyl groups is 1. The first-order chi connectivity index (χ1) is 13.4. The monoisotopic (exact) mass is 461 g/mol. The number of phenols is 1. The molecule has 6 nitrogen and oxygen atoms in total. The number of nitrogens with one attached hydrogen (secondary N) is 1. The maximum absolute atomic E-state index is 13.9. The normalized spacial score (nSPS) is 14.1. The molecular weight excluding hydrogens is 449 g/mol. The zero-order chi connectivity index (χ0) is 19.8. The van der Waals surface area contributed by atoms with Crippen LogP contribution in [-0.2, 0) is 11.3 Å². The summed E-state index contributed by atoms with van der Waals surface area (Å²) >= 11 is 4.55. The summed E-state index contributed by atoms with van der Waals surface area (Å²) in [5.41, 5.74) is 1.21. The summed E-state index contributed by atoms with van der Waals surface area (Å²) in [6.07, 6.45) is 1.53. The van der Waals surface area contributed by atoms with E-state index in [1.54, 1.807) is 23.6 Å². The van der Waals surface area contributed by atoms with Gasteiger partial charge in [-0.2, -0.15) is 0 Å². The Morgan fingerprint density at radius 3 is 2.89 bits per heavy atom. The number of phenolic OH excluding ortho intramolecular Hbond substituents is 1. The van der Waals surface area contributed by atoms with Crippen LogP contribution in [0.15, 0.2) is 52.4 Å². The Labute approximate surface area is 171 Å². The van der Waals surface area contributed by atoms with E-state index in [-0.39, 0.29) is 23.8 Å². The molecule has 0 bridgehead atoms. The van der Waals surface area contributed by atoms with Crippen molar-refractivity contribution in [1.29, 1.82) is 0 Å². The first kappa shape index (κ1) is 18.6. The van der Waals surface area contributed by atoms with E-state index in [2.05, 4.69) is 26.2 Å². The van der Waals surface area contributed by atoms with E-state index in [9.17, 15) is 19.1 Å². The molecule has 1 aliphatic rings. The van der Waals surface area contributed by atoms with Crippen molar-refractivity contribution >= 4 is 44.2 Å². The molecule has 142 valence electrons. The molecule has 0 spiro atoms. The summed E-state index contributed by atoms with van der Waals surface area (Å²) in [6, 6.07) is 7.37. The van der Waals surface area contributed by atoms with Gasteiger partial charge in [-0.25, -0.2) is 9.37 Å². The van der Waals surface area contributed by atoms with Crippen LogP contribution in [0.4, 0.5) is 9.52 Å². The largest absolute Gasteiger partial charge is 0.508 e. The predicted molar refractivity (Wildman–Crippen MR) is 106 cm³/mol. The fourth-order valence-corrected chi connectivity index (χ4v) is 4.05. The average Bonchev–Trinajstić information content (AvgIpc) is 3.27. The zero-order valence-corrected chi connectivity index (χ0v) is 16.6. The summed E-state index contributed by atoms with van der Waals surface area (Å²) in [7, 11) is 0. The second-order valence-electron chi connectivity index (χ2n) is 6.17. The third kappa shape index (κ3) is 3.38. The van der Waals surface area contributed by atoms with Gasteiger partial charge in [0.2, 0.25) is 0 Å². The van der Waals surface area contributed by atoms with Gasteiger partial charge in [0.1, 0.15) is 17.6 Å². The Morgan fingerprint density at radius 1 is 1.32 bits per heavy atom. The summed E-state index contributed by atoms with van der Waals surface area (Å²) < 4.78 is 14.6. The van der Waals surface area contributed by atoms with Gasteiger partial charge in [-0.05, 0) is 35.9 Å². The highest BCUT2D eigenvalue weighted by molar-refractivity contribution is 9.10. The van der Waals surface area contributed by atoms with Gasteiger partial charge in [0.25, 0.3) is 11.8 Å². The lowest BCUT2D eigenvalue weighted by Crippen LogP contribution is -2.37. The first-order valence-electron chi connectivity index (χ1n) is 8.22. The highest BCUT2D eigenvalue weighted by atomic mass is 79.9. The van der Waals surface area contributed by atoms with Crippen LogP contribution < -0.4 is 5.32 Å². The second-order valence-corrected chi connectivity index (χ2v) is 7.98. The van der Waals surface area contributed by atoms with Gasteiger partial charge in [-0.15, -0.1) is 11.3 Å². The smallest absolute Gasteiger partial charge is 0.255 e. The molecule has 3 aromatic rings. The lowest BCUT2D eigenvalue weighted by Gasteiger charge is -2.27. The number of benzene rings is 2. The van der Waals surface area contributed by atoms with Gasteiger partial charge in [0.05, 0.1) is 0 Å². The highest BCUT2D eigenvalue weighted by Crippen LogP contribution is 2.37. The molecule has 1 aliphatic heterocycles. The Hall–Kier alpha value is -2.78. The molecule has 1 unspecified atom stereocenters. The van der Waals surface area contributed by atoms with Crippen LogP contribution in [0.25, 0.3) is 0 Å². The number of aromatic nitrogens is 1. The van der Waals surface area contributed by atoms with E-state index in [0.29, 0.717) is 10.7 Å². The van der Waals surface area contributed by atoms with Crippen LogP contribution in [-0.4, -0.2) is 26.8 Å².